The van der Waals surface area contributed by atoms with Gasteiger partial charge >= 0.3 is 11.4 Å². The Labute approximate surface area is 208 Å². The fourth-order valence-corrected chi connectivity index (χ4v) is 6.69. The molecular formula is C24H24IN3O6. The fraction of sp³-hybridized carbons (Fsp3) is 0.417. The van der Waals surface area contributed by atoms with Crippen molar-refractivity contribution in [3.05, 3.63) is 65.5 Å². The molecule has 3 aliphatic rings. The van der Waals surface area contributed by atoms with Crippen LogP contribution in [0.3, 0.4) is 0 Å². The SMILES string of the molecule is COc1cc([C@H]2C3=CCn4c(=O)n(C)c(=O)n4[C@@H]3C[C@H]3C(=O)C=C(C)C(=O)[C@@]23C)cc(I)c1O. The molecule has 0 radical (unpaired) electrons. The number of fused-ring (bicyclic) bond motifs is 4. The highest BCUT2D eigenvalue weighted by molar-refractivity contribution is 14.1. The first-order chi connectivity index (χ1) is 16.0. The molecular weight excluding hydrogens is 553 g/mol. The molecule has 2 heterocycles. The predicted molar refractivity (Wildman–Crippen MR) is 131 cm³/mol. The Balaban J connectivity index is 1.82. The molecule has 1 saturated carbocycles. The molecule has 10 heteroatoms. The minimum atomic E-state index is -1.09. The van der Waals surface area contributed by atoms with E-state index in [0.717, 1.165) is 10.1 Å². The molecule has 2 aliphatic carbocycles. The summed E-state index contributed by atoms with van der Waals surface area (Å²) >= 11 is 2.01. The Morgan fingerprint density at radius 2 is 1.88 bits per heavy atom. The van der Waals surface area contributed by atoms with Gasteiger partial charge in [-0.15, -0.1) is 0 Å². The molecule has 34 heavy (non-hydrogen) atoms. The van der Waals surface area contributed by atoms with Crippen LogP contribution in [0.4, 0.5) is 0 Å². The number of carbonyl (C=O) groups is 2. The Morgan fingerprint density at radius 3 is 2.56 bits per heavy atom. The van der Waals surface area contributed by atoms with E-state index in [1.54, 1.807) is 19.1 Å². The Morgan fingerprint density at radius 1 is 1.18 bits per heavy atom. The van der Waals surface area contributed by atoms with Gasteiger partial charge in [-0.1, -0.05) is 13.0 Å². The lowest BCUT2D eigenvalue weighted by Crippen LogP contribution is -2.54. The molecule has 2 aromatic rings. The van der Waals surface area contributed by atoms with Gasteiger partial charge in [0.1, 0.15) is 0 Å². The number of Topliss-reactive ketones (excluding diaryl/α,β-unsaturated/α-hetero) is 1. The van der Waals surface area contributed by atoms with Crippen LogP contribution in [-0.2, 0) is 23.2 Å². The van der Waals surface area contributed by atoms with E-state index in [2.05, 4.69) is 0 Å². The van der Waals surface area contributed by atoms with Gasteiger partial charge in [-0.25, -0.2) is 23.5 Å². The first-order valence-corrected chi connectivity index (χ1v) is 12.0. The molecule has 0 bridgehead atoms. The number of phenols is 1. The van der Waals surface area contributed by atoms with Crippen molar-refractivity contribution < 1.29 is 19.4 Å². The van der Waals surface area contributed by atoms with E-state index in [-0.39, 0.29) is 36.0 Å². The number of methoxy groups -OCH3 is 1. The average molecular weight is 577 g/mol. The number of ether oxygens (including phenoxy) is 1. The van der Waals surface area contributed by atoms with Crippen LogP contribution in [0, 0.1) is 14.9 Å². The third kappa shape index (κ3) is 2.83. The lowest BCUT2D eigenvalue weighted by atomic mass is 9.51. The van der Waals surface area contributed by atoms with Crippen LogP contribution in [0.2, 0.25) is 0 Å². The monoisotopic (exact) mass is 577 g/mol. The van der Waals surface area contributed by atoms with Crippen LogP contribution in [0.5, 0.6) is 11.5 Å². The van der Waals surface area contributed by atoms with Crippen LogP contribution in [-0.4, -0.2) is 37.7 Å². The zero-order valence-corrected chi connectivity index (χ0v) is 21.3. The summed E-state index contributed by atoms with van der Waals surface area (Å²) in [6, 6.07) is 2.92. The number of aromatic hydroxyl groups is 1. The number of halogens is 1. The topological polar surface area (TPSA) is 113 Å². The molecule has 0 spiro atoms. The number of rotatable bonds is 2. The van der Waals surface area contributed by atoms with Gasteiger partial charge in [0.25, 0.3) is 0 Å². The number of allylic oxidation sites excluding steroid dienone is 4. The molecule has 1 aromatic heterocycles. The molecule has 1 fully saturated rings. The van der Waals surface area contributed by atoms with Gasteiger partial charge in [0.15, 0.2) is 23.1 Å². The molecule has 1 aliphatic heterocycles. The summed E-state index contributed by atoms with van der Waals surface area (Å²) in [5, 5.41) is 10.4. The summed E-state index contributed by atoms with van der Waals surface area (Å²) in [4.78, 5) is 52.6. The molecule has 1 N–H and O–H groups in total. The van der Waals surface area contributed by atoms with Crippen LogP contribution in [0.15, 0.2) is 45.0 Å². The molecule has 0 amide bonds. The molecule has 1 aromatic carbocycles. The molecule has 9 nitrogen and oxygen atoms in total. The zero-order valence-electron chi connectivity index (χ0n) is 19.2. The maximum atomic E-state index is 13.7. The quantitative estimate of drug-likeness (QED) is 0.432. The minimum absolute atomic E-state index is 0.00576. The summed E-state index contributed by atoms with van der Waals surface area (Å²) in [6.07, 6.45) is 3.53. The first kappa shape index (κ1) is 22.9. The van der Waals surface area contributed by atoms with Crippen molar-refractivity contribution >= 4 is 34.2 Å². The van der Waals surface area contributed by atoms with Gasteiger partial charge in [0.05, 0.1) is 28.7 Å². The van der Waals surface area contributed by atoms with E-state index in [9.17, 15) is 24.3 Å². The normalized spacial score (nSPS) is 28.0. The summed E-state index contributed by atoms with van der Waals surface area (Å²) in [7, 11) is 2.88. The highest BCUT2D eigenvalue weighted by Crippen LogP contribution is 2.60. The Hall–Kier alpha value is -2.89. The number of phenolic OH excluding ortho intramolecular Hbond substituents is 1. The van der Waals surface area contributed by atoms with Crippen molar-refractivity contribution in [3.8, 4) is 11.5 Å². The number of hydrogen-bond donors (Lipinski definition) is 1. The molecule has 4 atom stereocenters. The fourth-order valence-electron chi connectivity index (χ4n) is 6.06. The van der Waals surface area contributed by atoms with Crippen molar-refractivity contribution in [1.82, 2.24) is 13.9 Å². The third-order valence-corrected chi connectivity index (χ3v) is 8.52. The van der Waals surface area contributed by atoms with Gasteiger partial charge in [0, 0.05) is 18.9 Å². The van der Waals surface area contributed by atoms with E-state index in [0.29, 0.717) is 14.7 Å². The third-order valence-electron chi connectivity index (χ3n) is 7.70. The van der Waals surface area contributed by atoms with Crippen LogP contribution in [0.1, 0.15) is 37.8 Å². The molecule has 0 unspecified atom stereocenters. The number of hydrogen-bond acceptors (Lipinski definition) is 6. The van der Waals surface area contributed by atoms with E-state index < -0.39 is 34.7 Å². The van der Waals surface area contributed by atoms with E-state index in [4.69, 9.17) is 4.74 Å². The van der Waals surface area contributed by atoms with E-state index >= 15 is 0 Å². The van der Waals surface area contributed by atoms with Crippen LogP contribution in [0.25, 0.3) is 0 Å². The molecule has 178 valence electrons. The maximum absolute atomic E-state index is 13.7. The lowest BCUT2D eigenvalue weighted by Gasteiger charge is -2.52. The largest absolute Gasteiger partial charge is 0.504 e. The van der Waals surface area contributed by atoms with Crippen molar-refractivity contribution in [3.63, 3.8) is 0 Å². The molecule has 0 saturated heterocycles. The highest BCUT2D eigenvalue weighted by atomic mass is 127. The lowest BCUT2D eigenvalue weighted by molar-refractivity contribution is -0.139. The smallest absolute Gasteiger partial charge is 0.347 e. The number of carbonyl (C=O) groups excluding carboxylic acids is 2. The van der Waals surface area contributed by atoms with Crippen LogP contribution >= 0.6 is 22.6 Å². The van der Waals surface area contributed by atoms with Crippen LogP contribution < -0.4 is 16.1 Å². The maximum Gasteiger partial charge on any atom is 0.347 e. The number of aromatic nitrogens is 3. The highest BCUT2D eigenvalue weighted by Gasteiger charge is 2.59. The minimum Gasteiger partial charge on any atom is -0.504 e. The zero-order chi connectivity index (χ0) is 24.7. The van der Waals surface area contributed by atoms with Crippen molar-refractivity contribution in [2.24, 2.45) is 18.4 Å². The average Bonchev–Trinajstić information content (AvgIpc) is 3.02. The standard InChI is InChI=1S/C24H24IN3O6/c1-11-7-17(29)14-10-16-13(5-6-27-22(32)26(3)23(33)28(16)27)19(24(14,2)21(11)31)12-8-15(25)20(30)18(9-12)34-4/h5,7-9,14,16,19,30H,6,10H2,1-4H3/t14-,16+,19-,24+/m0/s1. The summed E-state index contributed by atoms with van der Waals surface area (Å²) in [5.41, 5.74) is -0.0544. The predicted octanol–water partition coefficient (Wildman–Crippen LogP) is 2.06. The van der Waals surface area contributed by atoms with Gasteiger partial charge in [-0.2, -0.15) is 0 Å². The Bertz CT molecular complexity index is 1460. The summed E-state index contributed by atoms with van der Waals surface area (Å²) in [6.45, 7) is 3.65. The van der Waals surface area contributed by atoms with Gasteiger partial charge in [0.2, 0.25) is 0 Å². The van der Waals surface area contributed by atoms with Gasteiger partial charge in [-0.05, 0) is 70.9 Å². The Kier molecular flexibility index (Phi) is 5.08. The second kappa shape index (κ2) is 7.56. The van der Waals surface area contributed by atoms with Crippen molar-refractivity contribution in [1.29, 1.82) is 0 Å². The summed E-state index contributed by atoms with van der Waals surface area (Å²) < 4.78 is 9.80. The number of ketones is 2. The van der Waals surface area contributed by atoms with Gasteiger partial charge in [-0.3, -0.25) is 9.59 Å². The van der Waals surface area contributed by atoms with Crippen molar-refractivity contribution in [2.75, 3.05) is 7.11 Å². The summed E-state index contributed by atoms with van der Waals surface area (Å²) in [5.74, 6) is -1.26. The first-order valence-electron chi connectivity index (χ1n) is 10.9. The van der Waals surface area contributed by atoms with Crippen molar-refractivity contribution in [2.45, 2.75) is 38.8 Å². The van der Waals surface area contributed by atoms with E-state index in [1.807, 2.05) is 35.6 Å². The van der Waals surface area contributed by atoms with Gasteiger partial charge < -0.3 is 9.84 Å². The second-order valence-corrected chi connectivity index (χ2v) is 10.5. The second-order valence-electron chi connectivity index (χ2n) is 9.39. The number of nitrogens with zero attached hydrogens (tertiary/aromatic N) is 3. The molecule has 5 rings (SSSR count). The number of benzene rings is 1. The van der Waals surface area contributed by atoms with E-state index in [1.165, 1.54) is 29.6 Å².